The monoisotopic (exact) mass is 207 g/mol. The number of hydrogen-bond donors (Lipinski definition) is 1. The Kier molecular flexibility index (Phi) is 5.19. The molecule has 0 amide bonds. The van der Waals surface area contributed by atoms with E-state index in [1.54, 1.807) is 0 Å². The van der Waals surface area contributed by atoms with E-state index in [1.807, 2.05) is 26.0 Å². The Hall–Kier alpha value is -1.02. The fourth-order valence-corrected chi connectivity index (χ4v) is 1.42. The van der Waals surface area contributed by atoms with Crippen molar-refractivity contribution in [2.24, 2.45) is 0 Å². The first-order valence-electron chi connectivity index (χ1n) is 5.68. The van der Waals surface area contributed by atoms with Gasteiger partial charge in [-0.1, -0.05) is 19.1 Å². The molecule has 0 fully saturated rings. The molecule has 0 radical (unpaired) electrons. The van der Waals surface area contributed by atoms with E-state index in [1.165, 1.54) is 5.56 Å². The summed E-state index contributed by atoms with van der Waals surface area (Å²) < 4.78 is 5.58. The minimum atomic E-state index is 0.248. The predicted octanol–water partition coefficient (Wildman–Crippen LogP) is 2.63. The predicted molar refractivity (Wildman–Crippen MR) is 64.5 cm³/mol. The zero-order chi connectivity index (χ0) is 11.1. The van der Waals surface area contributed by atoms with Gasteiger partial charge in [-0.05, 0) is 51.1 Å². The largest absolute Gasteiger partial charge is 0.491 e. The number of nitrogens with one attached hydrogen (secondary N) is 1. The average molecular weight is 207 g/mol. The minimum Gasteiger partial charge on any atom is -0.491 e. The van der Waals surface area contributed by atoms with Crippen LogP contribution < -0.4 is 10.1 Å². The summed E-state index contributed by atoms with van der Waals surface area (Å²) in [6.45, 7) is 8.28. The Morgan fingerprint density at radius 1 is 1.20 bits per heavy atom. The van der Waals surface area contributed by atoms with Crippen molar-refractivity contribution in [3.63, 3.8) is 0 Å². The highest BCUT2D eigenvalue weighted by Gasteiger charge is 1.97. The van der Waals surface area contributed by atoms with Gasteiger partial charge in [-0.15, -0.1) is 0 Å². The summed E-state index contributed by atoms with van der Waals surface area (Å²) in [4.78, 5) is 0. The van der Waals surface area contributed by atoms with Gasteiger partial charge in [-0.2, -0.15) is 0 Å². The van der Waals surface area contributed by atoms with Gasteiger partial charge in [0, 0.05) is 0 Å². The van der Waals surface area contributed by atoms with E-state index < -0.39 is 0 Å². The van der Waals surface area contributed by atoms with Gasteiger partial charge in [-0.3, -0.25) is 0 Å². The Bertz CT molecular complexity index is 266. The fraction of sp³-hybridized carbons (Fsp3) is 0.538. The molecule has 0 saturated heterocycles. The molecule has 0 heterocycles. The van der Waals surface area contributed by atoms with E-state index in [4.69, 9.17) is 4.74 Å². The molecule has 1 rings (SSSR count). The molecular formula is C13H21NO. The van der Waals surface area contributed by atoms with Crippen molar-refractivity contribution in [1.29, 1.82) is 0 Å². The zero-order valence-corrected chi connectivity index (χ0v) is 9.92. The van der Waals surface area contributed by atoms with Crippen LogP contribution in [0.4, 0.5) is 0 Å². The van der Waals surface area contributed by atoms with Crippen molar-refractivity contribution in [3.8, 4) is 5.75 Å². The quantitative estimate of drug-likeness (QED) is 0.724. The van der Waals surface area contributed by atoms with Crippen LogP contribution >= 0.6 is 0 Å². The molecule has 1 aromatic carbocycles. The topological polar surface area (TPSA) is 21.3 Å². The van der Waals surface area contributed by atoms with Crippen molar-refractivity contribution >= 4 is 0 Å². The molecule has 0 unspecified atom stereocenters. The normalized spacial score (nSPS) is 10.7. The molecule has 1 aromatic rings. The summed E-state index contributed by atoms with van der Waals surface area (Å²) in [5.74, 6) is 0.956. The van der Waals surface area contributed by atoms with Crippen LogP contribution in [0.3, 0.4) is 0 Å². The molecule has 1 N–H and O–H groups in total. The van der Waals surface area contributed by atoms with Crippen LogP contribution in [0.2, 0.25) is 0 Å². The lowest BCUT2D eigenvalue weighted by Gasteiger charge is -2.10. The van der Waals surface area contributed by atoms with Gasteiger partial charge >= 0.3 is 0 Å². The summed E-state index contributed by atoms with van der Waals surface area (Å²) in [5.41, 5.74) is 1.35. The van der Waals surface area contributed by atoms with Gasteiger partial charge in [0.25, 0.3) is 0 Å². The third-order valence-corrected chi connectivity index (χ3v) is 2.14. The third-order valence-electron chi connectivity index (χ3n) is 2.14. The number of rotatable bonds is 6. The first-order valence-corrected chi connectivity index (χ1v) is 5.68. The van der Waals surface area contributed by atoms with E-state index in [0.29, 0.717) is 0 Å². The number of hydrogen-bond acceptors (Lipinski definition) is 2. The van der Waals surface area contributed by atoms with Crippen LogP contribution in [-0.4, -0.2) is 19.2 Å². The number of ether oxygens (including phenoxy) is 1. The first-order chi connectivity index (χ1) is 7.22. The van der Waals surface area contributed by atoms with E-state index in [0.717, 1.165) is 25.3 Å². The van der Waals surface area contributed by atoms with Gasteiger partial charge in [-0.25, -0.2) is 0 Å². The molecule has 0 aromatic heterocycles. The van der Waals surface area contributed by atoms with Crippen LogP contribution in [0.1, 0.15) is 26.3 Å². The number of likely N-dealkylation sites (N-methyl/N-ethyl adjacent to an activating group) is 1. The second-order valence-corrected chi connectivity index (χ2v) is 3.91. The summed E-state index contributed by atoms with van der Waals surface area (Å²) in [6.07, 6.45) is 1.33. The average Bonchev–Trinajstić information content (AvgIpc) is 2.20. The summed E-state index contributed by atoms with van der Waals surface area (Å²) >= 11 is 0. The van der Waals surface area contributed by atoms with E-state index in [2.05, 4.69) is 24.4 Å². The van der Waals surface area contributed by atoms with Crippen LogP contribution in [-0.2, 0) is 6.42 Å². The molecule has 0 aliphatic heterocycles. The highest BCUT2D eigenvalue weighted by molar-refractivity contribution is 5.27. The molecule has 0 aliphatic carbocycles. The SMILES string of the molecule is CCNCCc1ccc(OC(C)C)cc1. The van der Waals surface area contributed by atoms with E-state index >= 15 is 0 Å². The van der Waals surface area contributed by atoms with Crippen LogP contribution in [0.5, 0.6) is 5.75 Å². The minimum absolute atomic E-state index is 0.248. The molecule has 0 aliphatic rings. The van der Waals surface area contributed by atoms with Gasteiger partial charge in [0.05, 0.1) is 6.10 Å². The van der Waals surface area contributed by atoms with Crippen molar-refractivity contribution in [1.82, 2.24) is 5.32 Å². The lowest BCUT2D eigenvalue weighted by Crippen LogP contribution is -2.15. The van der Waals surface area contributed by atoms with Crippen LogP contribution in [0.15, 0.2) is 24.3 Å². The fourth-order valence-electron chi connectivity index (χ4n) is 1.42. The molecule has 0 spiro atoms. The third kappa shape index (κ3) is 4.84. The van der Waals surface area contributed by atoms with E-state index in [9.17, 15) is 0 Å². The summed E-state index contributed by atoms with van der Waals surface area (Å²) in [6, 6.07) is 8.35. The second kappa shape index (κ2) is 6.46. The lowest BCUT2D eigenvalue weighted by atomic mass is 10.1. The maximum absolute atomic E-state index is 5.58. The molecule has 15 heavy (non-hydrogen) atoms. The van der Waals surface area contributed by atoms with Crippen molar-refractivity contribution in [3.05, 3.63) is 29.8 Å². The second-order valence-electron chi connectivity index (χ2n) is 3.91. The summed E-state index contributed by atoms with van der Waals surface area (Å²) in [7, 11) is 0. The summed E-state index contributed by atoms with van der Waals surface area (Å²) in [5, 5.41) is 3.31. The zero-order valence-electron chi connectivity index (χ0n) is 9.92. The molecule has 84 valence electrons. The van der Waals surface area contributed by atoms with Crippen molar-refractivity contribution < 1.29 is 4.74 Å². The van der Waals surface area contributed by atoms with Crippen molar-refractivity contribution in [2.45, 2.75) is 33.3 Å². The number of benzene rings is 1. The highest BCUT2D eigenvalue weighted by Crippen LogP contribution is 2.13. The van der Waals surface area contributed by atoms with Crippen LogP contribution in [0.25, 0.3) is 0 Å². The Morgan fingerprint density at radius 2 is 1.87 bits per heavy atom. The molecule has 0 atom stereocenters. The van der Waals surface area contributed by atoms with Gasteiger partial charge in [0.2, 0.25) is 0 Å². The smallest absolute Gasteiger partial charge is 0.119 e. The van der Waals surface area contributed by atoms with Gasteiger partial charge < -0.3 is 10.1 Å². The Morgan fingerprint density at radius 3 is 2.40 bits per heavy atom. The highest BCUT2D eigenvalue weighted by atomic mass is 16.5. The van der Waals surface area contributed by atoms with Gasteiger partial charge in [0.15, 0.2) is 0 Å². The van der Waals surface area contributed by atoms with Gasteiger partial charge in [0.1, 0.15) is 5.75 Å². The maximum Gasteiger partial charge on any atom is 0.119 e. The van der Waals surface area contributed by atoms with E-state index in [-0.39, 0.29) is 6.10 Å². The Balaban J connectivity index is 2.42. The molecule has 0 saturated carbocycles. The maximum atomic E-state index is 5.58. The van der Waals surface area contributed by atoms with Crippen molar-refractivity contribution in [2.75, 3.05) is 13.1 Å². The van der Waals surface area contributed by atoms with Crippen LogP contribution in [0, 0.1) is 0 Å². The standard InChI is InChI=1S/C13H21NO/c1-4-14-10-9-12-5-7-13(8-6-12)15-11(2)3/h5-8,11,14H,4,9-10H2,1-3H3. The first kappa shape index (κ1) is 12.1. The lowest BCUT2D eigenvalue weighted by molar-refractivity contribution is 0.242. The molecule has 2 nitrogen and oxygen atoms in total. The molecule has 0 bridgehead atoms. The molecule has 2 heteroatoms. The Labute approximate surface area is 92.6 Å². The molecular weight excluding hydrogens is 186 g/mol.